The average Bonchev–Trinajstić information content (AvgIpc) is 2.38. The zero-order chi connectivity index (χ0) is 14.8. The van der Waals surface area contributed by atoms with E-state index in [0.29, 0.717) is 11.1 Å². The Morgan fingerprint density at radius 3 is 1.70 bits per heavy atom. The van der Waals surface area contributed by atoms with E-state index in [2.05, 4.69) is 0 Å². The number of hydrogen-bond acceptors (Lipinski definition) is 3. The molecule has 104 valence electrons. The fourth-order valence-electron chi connectivity index (χ4n) is 2.52. The van der Waals surface area contributed by atoms with Gasteiger partial charge >= 0.3 is 5.97 Å². The van der Waals surface area contributed by atoms with Crippen LogP contribution in [-0.2, 0) is 10.2 Å². The van der Waals surface area contributed by atoms with Crippen molar-refractivity contribution in [3.63, 3.8) is 0 Å². The van der Waals surface area contributed by atoms with Crippen molar-refractivity contribution in [3.8, 4) is 11.5 Å². The fraction of sp³-hybridized carbons (Fsp3) is 0.188. The van der Waals surface area contributed by atoms with Gasteiger partial charge in [-0.2, -0.15) is 0 Å². The largest absolute Gasteiger partial charge is 0.508 e. The molecule has 0 saturated heterocycles. The molecule has 2 aromatic rings. The Morgan fingerprint density at radius 2 is 1.35 bits per heavy atom. The Bertz CT molecular complexity index is 588. The standard InChI is InChI=1S/C16H16O4/c1-16(10-15(19)20,11-6-2-4-8-13(11)17)12-7-3-5-9-14(12)18/h2-9,17-18H,10H2,1H3,(H,19,20). The molecule has 3 N–H and O–H groups in total. The van der Waals surface area contributed by atoms with E-state index >= 15 is 0 Å². The summed E-state index contributed by atoms with van der Waals surface area (Å²) in [5.74, 6) is -0.974. The summed E-state index contributed by atoms with van der Waals surface area (Å²) < 4.78 is 0. The highest BCUT2D eigenvalue weighted by Crippen LogP contribution is 2.43. The van der Waals surface area contributed by atoms with E-state index < -0.39 is 11.4 Å². The van der Waals surface area contributed by atoms with Crippen LogP contribution in [0.15, 0.2) is 48.5 Å². The number of carboxylic acid groups (broad SMARTS) is 1. The van der Waals surface area contributed by atoms with Crippen LogP contribution in [0.25, 0.3) is 0 Å². The molecule has 0 saturated carbocycles. The Morgan fingerprint density at radius 1 is 0.950 bits per heavy atom. The number of aromatic hydroxyl groups is 2. The van der Waals surface area contributed by atoms with E-state index in [1.54, 1.807) is 43.3 Å². The predicted octanol–water partition coefficient (Wildman–Crippen LogP) is 2.88. The number of phenols is 2. The molecule has 2 aromatic carbocycles. The van der Waals surface area contributed by atoms with Crippen LogP contribution in [0.1, 0.15) is 24.5 Å². The van der Waals surface area contributed by atoms with Crippen LogP contribution >= 0.6 is 0 Å². The van der Waals surface area contributed by atoms with Gasteiger partial charge in [-0.05, 0) is 12.1 Å². The summed E-state index contributed by atoms with van der Waals surface area (Å²) in [6.45, 7) is 1.70. The Kier molecular flexibility index (Phi) is 3.66. The average molecular weight is 272 g/mol. The molecule has 0 spiro atoms. The highest BCUT2D eigenvalue weighted by atomic mass is 16.4. The molecule has 4 nitrogen and oxygen atoms in total. The van der Waals surface area contributed by atoms with Crippen molar-refractivity contribution in [2.24, 2.45) is 0 Å². The van der Waals surface area contributed by atoms with Gasteiger partial charge in [0.05, 0.1) is 6.42 Å². The zero-order valence-electron chi connectivity index (χ0n) is 11.1. The molecule has 0 amide bonds. The molecule has 0 atom stereocenters. The number of phenolic OH excluding ortho intramolecular Hbond substituents is 2. The van der Waals surface area contributed by atoms with Crippen LogP contribution in [0.3, 0.4) is 0 Å². The van der Waals surface area contributed by atoms with Gasteiger partial charge in [0.2, 0.25) is 0 Å². The molecule has 0 unspecified atom stereocenters. The second-order valence-electron chi connectivity index (χ2n) is 4.94. The number of hydrogen-bond donors (Lipinski definition) is 3. The van der Waals surface area contributed by atoms with Crippen molar-refractivity contribution in [1.82, 2.24) is 0 Å². The lowest BCUT2D eigenvalue weighted by Crippen LogP contribution is -2.27. The minimum absolute atomic E-state index is 0.0134. The van der Waals surface area contributed by atoms with E-state index in [0.717, 1.165) is 0 Å². The van der Waals surface area contributed by atoms with Crippen LogP contribution in [0.4, 0.5) is 0 Å². The minimum atomic E-state index is -1.01. The summed E-state index contributed by atoms with van der Waals surface area (Å²) in [7, 11) is 0. The third-order valence-corrected chi connectivity index (χ3v) is 3.50. The van der Waals surface area contributed by atoms with Crippen molar-refractivity contribution in [2.75, 3.05) is 0 Å². The maximum Gasteiger partial charge on any atom is 0.304 e. The second-order valence-corrected chi connectivity index (χ2v) is 4.94. The number of para-hydroxylation sites is 2. The minimum Gasteiger partial charge on any atom is -0.508 e. The first kappa shape index (κ1) is 13.9. The second kappa shape index (κ2) is 5.25. The molecule has 0 aliphatic heterocycles. The van der Waals surface area contributed by atoms with Gasteiger partial charge < -0.3 is 15.3 Å². The third kappa shape index (κ3) is 2.45. The van der Waals surface area contributed by atoms with Crippen molar-refractivity contribution < 1.29 is 20.1 Å². The van der Waals surface area contributed by atoms with E-state index in [4.69, 9.17) is 0 Å². The van der Waals surface area contributed by atoms with Gasteiger partial charge in [0.25, 0.3) is 0 Å². The number of carbonyl (C=O) groups is 1. The highest BCUT2D eigenvalue weighted by molar-refractivity contribution is 5.71. The van der Waals surface area contributed by atoms with Gasteiger partial charge in [0.1, 0.15) is 11.5 Å². The maximum absolute atomic E-state index is 11.2. The monoisotopic (exact) mass is 272 g/mol. The van der Waals surface area contributed by atoms with Gasteiger partial charge in [-0.15, -0.1) is 0 Å². The lowest BCUT2D eigenvalue weighted by atomic mass is 9.73. The van der Waals surface area contributed by atoms with Crippen molar-refractivity contribution in [1.29, 1.82) is 0 Å². The predicted molar refractivity (Wildman–Crippen MR) is 74.9 cm³/mol. The first-order valence-corrected chi connectivity index (χ1v) is 6.24. The number of aliphatic carboxylic acids is 1. The molecular formula is C16H16O4. The summed E-state index contributed by atoms with van der Waals surface area (Å²) in [5, 5.41) is 29.3. The topological polar surface area (TPSA) is 77.8 Å². The van der Waals surface area contributed by atoms with E-state index in [9.17, 15) is 20.1 Å². The highest BCUT2D eigenvalue weighted by Gasteiger charge is 2.35. The van der Waals surface area contributed by atoms with E-state index in [-0.39, 0.29) is 17.9 Å². The molecular weight excluding hydrogens is 256 g/mol. The van der Waals surface area contributed by atoms with Crippen LogP contribution in [-0.4, -0.2) is 21.3 Å². The molecule has 0 fully saturated rings. The Labute approximate surface area is 116 Å². The van der Waals surface area contributed by atoms with Crippen LogP contribution in [0.2, 0.25) is 0 Å². The van der Waals surface area contributed by atoms with Gasteiger partial charge in [0, 0.05) is 16.5 Å². The molecule has 2 rings (SSSR count). The van der Waals surface area contributed by atoms with Gasteiger partial charge in [-0.1, -0.05) is 43.3 Å². The van der Waals surface area contributed by atoms with Crippen molar-refractivity contribution in [2.45, 2.75) is 18.8 Å². The van der Waals surface area contributed by atoms with Crippen LogP contribution in [0.5, 0.6) is 11.5 Å². The summed E-state index contributed by atoms with van der Waals surface area (Å²) >= 11 is 0. The summed E-state index contributed by atoms with van der Waals surface area (Å²) in [6, 6.07) is 13.2. The quantitative estimate of drug-likeness (QED) is 0.799. The van der Waals surface area contributed by atoms with Crippen LogP contribution < -0.4 is 0 Å². The van der Waals surface area contributed by atoms with Gasteiger partial charge in [-0.25, -0.2) is 0 Å². The van der Waals surface area contributed by atoms with E-state index in [1.165, 1.54) is 12.1 Å². The molecule has 0 radical (unpaired) electrons. The van der Waals surface area contributed by atoms with Crippen molar-refractivity contribution in [3.05, 3.63) is 59.7 Å². The first-order valence-electron chi connectivity index (χ1n) is 6.24. The molecule has 0 heterocycles. The van der Waals surface area contributed by atoms with Crippen molar-refractivity contribution >= 4 is 5.97 Å². The lowest BCUT2D eigenvalue weighted by Gasteiger charge is -2.30. The SMILES string of the molecule is CC(CC(=O)O)(c1ccccc1O)c1ccccc1O. The molecule has 20 heavy (non-hydrogen) atoms. The maximum atomic E-state index is 11.2. The normalized spacial score (nSPS) is 11.2. The lowest BCUT2D eigenvalue weighted by molar-refractivity contribution is -0.138. The summed E-state index contributed by atoms with van der Waals surface area (Å²) in [6.07, 6.45) is -0.234. The smallest absolute Gasteiger partial charge is 0.304 e. The number of carboxylic acids is 1. The zero-order valence-corrected chi connectivity index (χ0v) is 11.1. The molecule has 0 aliphatic rings. The molecule has 4 heteroatoms. The Hall–Kier alpha value is -2.49. The molecule has 0 bridgehead atoms. The summed E-state index contributed by atoms with van der Waals surface area (Å²) in [4.78, 5) is 11.2. The van der Waals surface area contributed by atoms with Crippen LogP contribution in [0, 0.1) is 0 Å². The van der Waals surface area contributed by atoms with Gasteiger partial charge in [0.15, 0.2) is 0 Å². The fourth-order valence-corrected chi connectivity index (χ4v) is 2.52. The third-order valence-electron chi connectivity index (χ3n) is 3.50. The summed E-state index contributed by atoms with van der Waals surface area (Å²) in [5.41, 5.74) is -0.0597. The van der Waals surface area contributed by atoms with Gasteiger partial charge in [-0.3, -0.25) is 4.79 Å². The molecule has 0 aliphatic carbocycles. The molecule has 0 aromatic heterocycles. The number of benzene rings is 2. The van der Waals surface area contributed by atoms with E-state index in [1.807, 2.05) is 0 Å². The first-order chi connectivity index (χ1) is 9.45. The Balaban J connectivity index is 2.66. The number of rotatable bonds is 4.